The molecule has 3 heteroatoms. The molecule has 0 aliphatic heterocycles. The van der Waals surface area contributed by atoms with Gasteiger partial charge in [0, 0.05) is 0 Å². The first kappa shape index (κ1) is 10.2. The standard InChI is InChI=1S/C3H6O.C2H5NO/c1-2-3-4;1-2-4-3/h2,4H,1,3H2;2H,1,3H2. The molecule has 0 saturated carbocycles. The van der Waals surface area contributed by atoms with E-state index in [9.17, 15) is 0 Å². The topological polar surface area (TPSA) is 55.5 Å². The summed E-state index contributed by atoms with van der Waals surface area (Å²) in [4.78, 5) is 3.81. The van der Waals surface area contributed by atoms with Gasteiger partial charge >= 0.3 is 0 Å². The molecule has 0 unspecified atom stereocenters. The molecular weight excluding hydrogens is 106 g/mol. The molecule has 0 amide bonds. The summed E-state index contributed by atoms with van der Waals surface area (Å²) in [5.74, 6) is 4.41. The second-order valence-corrected chi connectivity index (χ2v) is 0.774. The summed E-state index contributed by atoms with van der Waals surface area (Å²) in [5, 5.41) is 7.76. The summed E-state index contributed by atoms with van der Waals surface area (Å²) in [6.07, 6.45) is 2.58. The lowest BCUT2D eigenvalue weighted by Gasteiger charge is -1.72. The predicted molar refractivity (Wildman–Crippen MR) is 32.8 cm³/mol. The van der Waals surface area contributed by atoms with Crippen LogP contribution in [0.4, 0.5) is 0 Å². The van der Waals surface area contributed by atoms with Crippen LogP contribution in [-0.2, 0) is 4.84 Å². The Morgan fingerprint density at radius 3 is 1.88 bits per heavy atom. The van der Waals surface area contributed by atoms with Crippen LogP contribution in [0.1, 0.15) is 0 Å². The van der Waals surface area contributed by atoms with E-state index in [0.717, 1.165) is 6.26 Å². The van der Waals surface area contributed by atoms with Gasteiger partial charge < -0.3 is 9.94 Å². The molecule has 0 aliphatic rings. The Hall–Kier alpha value is -0.800. The van der Waals surface area contributed by atoms with Crippen LogP contribution in [0.2, 0.25) is 0 Å². The highest BCUT2D eigenvalue weighted by atomic mass is 16.6. The van der Waals surface area contributed by atoms with E-state index in [1.54, 1.807) is 0 Å². The Morgan fingerprint density at radius 1 is 1.62 bits per heavy atom. The summed E-state index contributed by atoms with van der Waals surface area (Å²) < 4.78 is 0. The molecule has 0 heterocycles. The Bertz CT molecular complexity index is 46.4. The van der Waals surface area contributed by atoms with Crippen molar-refractivity contribution in [3.63, 3.8) is 0 Å². The molecule has 8 heavy (non-hydrogen) atoms. The number of hydrogen-bond acceptors (Lipinski definition) is 3. The van der Waals surface area contributed by atoms with Gasteiger partial charge in [0.2, 0.25) is 0 Å². The molecule has 0 bridgehead atoms. The first-order valence-electron chi connectivity index (χ1n) is 2.01. The van der Waals surface area contributed by atoms with E-state index in [1.165, 1.54) is 6.08 Å². The SMILES string of the molecule is C=CCO.C=CON. The number of aliphatic hydroxyl groups excluding tert-OH is 1. The lowest BCUT2D eigenvalue weighted by molar-refractivity contribution is 0.262. The Balaban J connectivity index is 0. The average molecular weight is 117 g/mol. The second kappa shape index (κ2) is 16.4. The van der Waals surface area contributed by atoms with Gasteiger partial charge in [-0.3, -0.25) is 0 Å². The lowest BCUT2D eigenvalue weighted by Crippen LogP contribution is -1.85. The Morgan fingerprint density at radius 2 is 1.88 bits per heavy atom. The maximum Gasteiger partial charge on any atom is 0.103 e. The fraction of sp³-hybridized carbons (Fsp3) is 0.200. The average Bonchev–Trinajstić information content (AvgIpc) is 1.88. The van der Waals surface area contributed by atoms with E-state index in [0.29, 0.717) is 0 Å². The van der Waals surface area contributed by atoms with Crippen LogP contribution in [0.3, 0.4) is 0 Å². The smallest absolute Gasteiger partial charge is 0.103 e. The third kappa shape index (κ3) is 63.7. The van der Waals surface area contributed by atoms with Crippen molar-refractivity contribution in [2.45, 2.75) is 0 Å². The van der Waals surface area contributed by atoms with Gasteiger partial charge in [0.1, 0.15) is 6.26 Å². The second-order valence-electron chi connectivity index (χ2n) is 0.774. The highest BCUT2D eigenvalue weighted by Crippen LogP contribution is 1.46. The molecule has 0 aromatic rings. The molecular formula is C5H11NO2. The maximum atomic E-state index is 7.76. The minimum Gasteiger partial charge on any atom is -0.420 e. The van der Waals surface area contributed by atoms with Crippen LogP contribution in [0.5, 0.6) is 0 Å². The van der Waals surface area contributed by atoms with Crippen molar-refractivity contribution in [2.75, 3.05) is 6.61 Å². The van der Waals surface area contributed by atoms with Gasteiger partial charge in [-0.1, -0.05) is 12.7 Å². The van der Waals surface area contributed by atoms with Gasteiger partial charge in [-0.2, -0.15) is 5.90 Å². The van der Waals surface area contributed by atoms with Crippen molar-refractivity contribution < 1.29 is 9.94 Å². The first-order chi connectivity index (χ1) is 3.83. The molecule has 48 valence electrons. The summed E-state index contributed by atoms with van der Waals surface area (Å²) in [6.45, 7) is 6.44. The third-order valence-corrected chi connectivity index (χ3v) is 0.225. The van der Waals surface area contributed by atoms with Crippen LogP contribution in [-0.4, -0.2) is 11.7 Å². The van der Waals surface area contributed by atoms with Gasteiger partial charge in [0.15, 0.2) is 0 Å². The van der Waals surface area contributed by atoms with E-state index in [-0.39, 0.29) is 6.61 Å². The zero-order valence-electron chi connectivity index (χ0n) is 4.71. The predicted octanol–water partition coefficient (Wildman–Crippen LogP) is 0.185. The molecule has 3 nitrogen and oxygen atoms in total. The molecule has 0 radical (unpaired) electrons. The van der Waals surface area contributed by atoms with Crippen LogP contribution in [0, 0.1) is 0 Å². The van der Waals surface area contributed by atoms with Crippen molar-refractivity contribution in [1.82, 2.24) is 0 Å². The number of aliphatic hydroxyl groups is 1. The first-order valence-corrected chi connectivity index (χ1v) is 2.01. The van der Waals surface area contributed by atoms with E-state index < -0.39 is 0 Å². The van der Waals surface area contributed by atoms with Gasteiger partial charge in [-0.05, 0) is 0 Å². The Kier molecular flexibility index (Phi) is 20.9. The fourth-order valence-electron chi connectivity index (χ4n) is 0. The van der Waals surface area contributed by atoms with E-state index >= 15 is 0 Å². The van der Waals surface area contributed by atoms with Crippen molar-refractivity contribution in [3.8, 4) is 0 Å². The zero-order chi connectivity index (χ0) is 6.83. The molecule has 0 aliphatic carbocycles. The third-order valence-electron chi connectivity index (χ3n) is 0.225. The fourth-order valence-corrected chi connectivity index (χ4v) is 0. The number of nitrogens with two attached hydrogens (primary N) is 1. The van der Waals surface area contributed by atoms with Gasteiger partial charge in [0.25, 0.3) is 0 Å². The lowest BCUT2D eigenvalue weighted by atomic mass is 10.7. The molecule has 0 spiro atoms. The number of hydrogen-bond donors (Lipinski definition) is 2. The Labute approximate surface area is 49.0 Å². The normalized spacial score (nSPS) is 5.75. The van der Waals surface area contributed by atoms with Crippen LogP contribution >= 0.6 is 0 Å². The highest BCUT2D eigenvalue weighted by molar-refractivity contribution is 4.60. The highest BCUT2D eigenvalue weighted by Gasteiger charge is 1.45. The molecule has 0 atom stereocenters. The summed E-state index contributed by atoms with van der Waals surface area (Å²) in [6, 6.07) is 0. The molecule has 0 aromatic carbocycles. The van der Waals surface area contributed by atoms with Crippen LogP contribution < -0.4 is 5.90 Å². The van der Waals surface area contributed by atoms with Crippen LogP contribution in [0.15, 0.2) is 25.5 Å². The van der Waals surface area contributed by atoms with Gasteiger partial charge in [-0.25, -0.2) is 0 Å². The van der Waals surface area contributed by atoms with Crippen molar-refractivity contribution in [1.29, 1.82) is 0 Å². The van der Waals surface area contributed by atoms with Gasteiger partial charge in [-0.15, -0.1) is 6.58 Å². The van der Waals surface area contributed by atoms with Crippen LogP contribution in [0.25, 0.3) is 0 Å². The summed E-state index contributed by atoms with van der Waals surface area (Å²) in [5.41, 5.74) is 0. The minimum atomic E-state index is 0.0833. The minimum absolute atomic E-state index is 0.0833. The van der Waals surface area contributed by atoms with Crippen molar-refractivity contribution >= 4 is 0 Å². The molecule has 3 N–H and O–H groups in total. The largest absolute Gasteiger partial charge is 0.420 e. The van der Waals surface area contributed by atoms with E-state index in [2.05, 4.69) is 23.9 Å². The monoisotopic (exact) mass is 117 g/mol. The number of rotatable bonds is 2. The summed E-state index contributed by atoms with van der Waals surface area (Å²) >= 11 is 0. The molecule has 0 rings (SSSR count). The quantitative estimate of drug-likeness (QED) is 0.308. The molecule has 0 saturated heterocycles. The zero-order valence-corrected chi connectivity index (χ0v) is 4.71. The maximum absolute atomic E-state index is 7.76. The molecule has 0 aromatic heterocycles. The molecule has 0 fully saturated rings. The van der Waals surface area contributed by atoms with Gasteiger partial charge in [0.05, 0.1) is 6.61 Å². The van der Waals surface area contributed by atoms with Crippen molar-refractivity contribution in [3.05, 3.63) is 25.5 Å². The summed E-state index contributed by atoms with van der Waals surface area (Å²) in [7, 11) is 0. The van der Waals surface area contributed by atoms with E-state index in [1.807, 2.05) is 0 Å². The van der Waals surface area contributed by atoms with E-state index in [4.69, 9.17) is 5.11 Å². The van der Waals surface area contributed by atoms with Crippen molar-refractivity contribution in [2.24, 2.45) is 5.90 Å².